The molecule has 0 saturated carbocycles. The van der Waals surface area contributed by atoms with Crippen molar-refractivity contribution in [2.24, 2.45) is 0 Å². The molecule has 2 aromatic carbocycles. The molecule has 0 unspecified atom stereocenters. The first-order valence-corrected chi connectivity index (χ1v) is 8.58. The number of carbonyl (C=O) groups excluding carboxylic acids is 1. The number of rotatable bonds is 6. The lowest BCUT2D eigenvalue weighted by Gasteiger charge is -2.13. The fraction of sp³-hybridized carbons (Fsp3) is 0.167. The standard InChI is InChI=1S/C18H15F2N3O2S/c1-11(17(24)12-7-8-13(19)14(20)9-12)26-18-22-21-10-23(18)15-5-3-4-6-16(15)25-2/h3-11H,1-2H3/t11-/m1/s1. The van der Waals surface area contributed by atoms with E-state index in [0.29, 0.717) is 10.9 Å². The van der Waals surface area contributed by atoms with E-state index in [4.69, 9.17) is 4.74 Å². The van der Waals surface area contributed by atoms with Crippen LogP contribution in [-0.2, 0) is 0 Å². The number of ketones is 1. The number of hydrogen-bond donors (Lipinski definition) is 0. The predicted octanol–water partition coefficient (Wildman–Crippen LogP) is 3.92. The minimum absolute atomic E-state index is 0.104. The van der Waals surface area contributed by atoms with Crippen LogP contribution in [0.25, 0.3) is 5.69 Å². The lowest BCUT2D eigenvalue weighted by atomic mass is 10.1. The van der Waals surface area contributed by atoms with Gasteiger partial charge in [0.05, 0.1) is 18.0 Å². The van der Waals surface area contributed by atoms with Crippen molar-refractivity contribution in [3.05, 3.63) is 66.0 Å². The number of carbonyl (C=O) groups is 1. The third-order valence-electron chi connectivity index (χ3n) is 3.72. The van der Waals surface area contributed by atoms with Gasteiger partial charge in [0.1, 0.15) is 12.1 Å². The molecule has 0 saturated heterocycles. The monoisotopic (exact) mass is 375 g/mol. The molecule has 0 N–H and O–H groups in total. The van der Waals surface area contributed by atoms with Crippen LogP contribution < -0.4 is 4.74 Å². The summed E-state index contributed by atoms with van der Waals surface area (Å²) in [5.41, 5.74) is 0.835. The van der Waals surface area contributed by atoms with E-state index in [2.05, 4.69) is 10.2 Å². The first-order valence-electron chi connectivity index (χ1n) is 7.70. The summed E-state index contributed by atoms with van der Waals surface area (Å²) in [7, 11) is 1.56. The van der Waals surface area contributed by atoms with E-state index in [1.54, 1.807) is 24.7 Å². The average Bonchev–Trinajstić information content (AvgIpc) is 3.11. The van der Waals surface area contributed by atoms with Gasteiger partial charge >= 0.3 is 0 Å². The van der Waals surface area contributed by atoms with Crippen molar-refractivity contribution in [3.63, 3.8) is 0 Å². The summed E-state index contributed by atoms with van der Waals surface area (Å²) in [6.07, 6.45) is 1.52. The maximum atomic E-state index is 13.4. The molecule has 5 nitrogen and oxygen atoms in total. The molecule has 1 atom stereocenters. The number of nitrogens with zero attached hydrogens (tertiary/aromatic N) is 3. The number of aromatic nitrogens is 3. The van der Waals surface area contributed by atoms with E-state index < -0.39 is 16.9 Å². The minimum Gasteiger partial charge on any atom is -0.495 e. The molecule has 1 heterocycles. The van der Waals surface area contributed by atoms with E-state index in [0.717, 1.165) is 17.8 Å². The normalized spacial score (nSPS) is 12.0. The number of benzene rings is 2. The van der Waals surface area contributed by atoms with Crippen LogP contribution in [0.15, 0.2) is 53.9 Å². The fourth-order valence-corrected chi connectivity index (χ4v) is 3.31. The quantitative estimate of drug-likeness (QED) is 0.483. The highest BCUT2D eigenvalue weighted by Crippen LogP contribution is 2.29. The van der Waals surface area contributed by atoms with Crippen LogP contribution in [0.1, 0.15) is 17.3 Å². The van der Waals surface area contributed by atoms with Crippen LogP contribution in [0.2, 0.25) is 0 Å². The van der Waals surface area contributed by atoms with Gasteiger partial charge in [-0.15, -0.1) is 10.2 Å². The van der Waals surface area contributed by atoms with Gasteiger partial charge in [0.25, 0.3) is 0 Å². The Morgan fingerprint density at radius 2 is 1.96 bits per heavy atom. The first-order chi connectivity index (χ1) is 12.5. The van der Waals surface area contributed by atoms with Crippen molar-refractivity contribution in [2.45, 2.75) is 17.3 Å². The Morgan fingerprint density at radius 3 is 2.69 bits per heavy atom. The molecule has 0 bridgehead atoms. The molecule has 3 rings (SSSR count). The Morgan fingerprint density at radius 1 is 1.19 bits per heavy atom. The molecule has 0 aliphatic carbocycles. The molecule has 0 aliphatic heterocycles. The van der Waals surface area contributed by atoms with Gasteiger partial charge in [-0.3, -0.25) is 9.36 Å². The number of methoxy groups -OCH3 is 1. The molecule has 3 aromatic rings. The zero-order valence-corrected chi connectivity index (χ0v) is 14.8. The second-order valence-corrected chi connectivity index (χ2v) is 6.72. The second kappa shape index (κ2) is 7.65. The fourth-order valence-electron chi connectivity index (χ4n) is 2.39. The number of para-hydroxylation sites is 2. The van der Waals surface area contributed by atoms with Crippen LogP contribution in [0.5, 0.6) is 5.75 Å². The zero-order chi connectivity index (χ0) is 18.7. The second-order valence-electron chi connectivity index (χ2n) is 5.41. The maximum Gasteiger partial charge on any atom is 0.196 e. The molecular formula is C18H15F2N3O2S. The van der Waals surface area contributed by atoms with E-state index in [9.17, 15) is 13.6 Å². The zero-order valence-electron chi connectivity index (χ0n) is 14.0. The molecule has 8 heteroatoms. The highest BCUT2D eigenvalue weighted by Gasteiger charge is 2.21. The Bertz CT molecular complexity index is 946. The van der Waals surface area contributed by atoms with E-state index in [1.807, 2.05) is 18.2 Å². The van der Waals surface area contributed by atoms with Gasteiger partial charge in [0, 0.05) is 5.56 Å². The Kier molecular flexibility index (Phi) is 5.32. The highest BCUT2D eigenvalue weighted by molar-refractivity contribution is 8.00. The van der Waals surface area contributed by atoms with Crippen LogP contribution in [-0.4, -0.2) is 32.9 Å². The molecule has 0 spiro atoms. The van der Waals surface area contributed by atoms with Crippen LogP contribution in [0.3, 0.4) is 0 Å². The van der Waals surface area contributed by atoms with Gasteiger partial charge in [-0.25, -0.2) is 8.78 Å². The highest BCUT2D eigenvalue weighted by atomic mass is 32.2. The summed E-state index contributed by atoms with van der Waals surface area (Å²) < 4.78 is 33.5. The molecule has 134 valence electrons. The topological polar surface area (TPSA) is 57.0 Å². The lowest BCUT2D eigenvalue weighted by molar-refractivity contribution is 0.0993. The Balaban J connectivity index is 1.84. The number of hydrogen-bond acceptors (Lipinski definition) is 5. The van der Waals surface area contributed by atoms with Crippen molar-refractivity contribution in [3.8, 4) is 11.4 Å². The summed E-state index contributed by atoms with van der Waals surface area (Å²) >= 11 is 1.17. The van der Waals surface area contributed by atoms with Crippen LogP contribution in [0.4, 0.5) is 8.78 Å². The van der Waals surface area contributed by atoms with Crippen molar-refractivity contribution in [2.75, 3.05) is 7.11 Å². The SMILES string of the molecule is COc1ccccc1-n1cnnc1S[C@H](C)C(=O)c1ccc(F)c(F)c1. The minimum atomic E-state index is -1.05. The van der Waals surface area contributed by atoms with E-state index in [1.165, 1.54) is 24.2 Å². The smallest absolute Gasteiger partial charge is 0.196 e. The van der Waals surface area contributed by atoms with Crippen LogP contribution >= 0.6 is 11.8 Å². The molecule has 0 radical (unpaired) electrons. The number of thioether (sulfide) groups is 1. The third kappa shape index (κ3) is 3.60. The van der Waals surface area contributed by atoms with Crippen LogP contribution in [0, 0.1) is 11.6 Å². The van der Waals surface area contributed by atoms with Gasteiger partial charge in [-0.05, 0) is 37.3 Å². The lowest BCUT2D eigenvalue weighted by Crippen LogP contribution is -2.15. The van der Waals surface area contributed by atoms with Gasteiger partial charge in [-0.2, -0.15) is 0 Å². The first kappa shape index (κ1) is 18.1. The number of ether oxygens (including phenoxy) is 1. The average molecular weight is 375 g/mol. The summed E-state index contributed by atoms with van der Waals surface area (Å²) in [6, 6.07) is 10.4. The summed E-state index contributed by atoms with van der Waals surface area (Å²) in [5.74, 6) is -1.74. The number of Topliss-reactive ketones (excluding diaryl/α,β-unsaturated/α-hetero) is 1. The molecule has 1 aromatic heterocycles. The van der Waals surface area contributed by atoms with Gasteiger partial charge in [0.2, 0.25) is 0 Å². The maximum absolute atomic E-state index is 13.4. The van der Waals surface area contributed by atoms with Crippen molar-refractivity contribution in [1.82, 2.24) is 14.8 Å². The third-order valence-corrected chi connectivity index (χ3v) is 4.77. The largest absolute Gasteiger partial charge is 0.495 e. The molecule has 0 fully saturated rings. The van der Waals surface area contributed by atoms with Gasteiger partial charge < -0.3 is 4.74 Å². The molecule has 0 aliphatic rings. The van der Waals surface area contributed by atoms with Crippen molar-refractivity contribution >= 4 is 17.5 Å². The Hall–Kier alpha value is -2.74. The van der Waals surface area contributed by atoms with E-state index >= 15 is 0 Å². The summed E-state index contributed by atoms with van der Waals surface area (Å²) in [5, 5.41) is 7.86. The molecule has 0 amide bonds. The summed E-state index contributed by atoms with van der Waals surface area (Å²) in [4.78, 5) is 12.5. The molecule has 26 heavy (non-hydrogen) atoms. The summed E-state index contributed by atoms with van der Waals surface area (Å²) in [6.45, 7) is 1.68. The predicted molar refractivity (Wildman–Crippen MR) is 93.9 cm³/mol. The van der Waals surface area contributed by atoms with Crippen molar-refractivity contribution < 1.29 is 18.3 Å². The van der Waals surface area contributed by atoms with Gasteiger partial charge in [-0.1, -0.05) is 23.9 Å². The van der Waals surface area contributed by atoms with Crippen molar-refractivity contribution in [1.29, 1.82) is 0 Å². The van der Waals surface area contributed by atoms with E-state index in [-0.39, 0.29) is 11.3 Å². The van der Waals surface area contributed by atoms with Gasteiger partial charge in [0.15, 0.2) is 22.6 Å². The molecular weight excluding hydrogens is 360 g/mol. The Labute approximate surface area is 153 Å². The number of halogens is 2.